The third-order valence-corrected chi connectivity index (χ3v) is 0.566. The van der Waals surface area contributed by atoms with Crippen LogP contribution in [-0.2, 0) is 4.79 Å². The van der Waals surface area contributed by atoms with Gasteiger partial charge in [0.25, 0.3) is 0 Å². The van der Waals surface area contributed by atoms with Crippen LogP contribution in [0.3, 0.4) is 0 Å². The van der Waals surface area contributed by atoms with Gasteiger partial charge < -0.3 is 10.8 Å². The van der Waals surface area contributed by atoms with Gasteiger partial charge >= 0.3 is 5.97 Å². The fraction of sp³-hybridized carbons (Fsp3) is 0.833. The van der Waals surface area contributed by atoms with Crippen LogP contribution in [0.5, 0.6) is 0 Å². The summed E-state index contributed by atoms with van der Waals surface area (Å²) < 4.78 is 64.4. The van der Waals surface area contributed by atoms with Gasteiger partial charge in [0.05, 0.1) is 0 Å². The Balaban J connectivity index is 6.00. The number of hydrogen-bond acceptors (Lipinski definition) is 2. The lowest BCUT2D eigenvalue weighted by molar-refractivity contribution is -0.138. The Bertz CT molecular complexity index is 319. The average molecular weight is 149 g/mol. The van der Waals surface area contributed by atoms with Crippen LogP contribution in [0.2, 0.25) is 0 Å². The zero-order valence-electron chi connectivity index (χ0n) is 13.5. The van der Waals surface area contributed by atoms with Crippen molar-refractivity contribution in [3.05, 3.63) is 0 Å². The largest absolute Gasteiger partial charge is 0.480 e. The molecule has 3 heteroatoms. The van der Waals surface area contributed by atoms with Crippen LogP contribution in [0.15, 0.2) is 0 Å². The van der Waals surface area contributed by atoms with Crippen molar-refractivity contribution >= 4 is 5.97 Å². The van der Waals surface area contributed by atoms with Crippen molar-refractivity contribution in [2.45, 2.75) is 26.1 Å². The van der Waals surface area contributed by atoms with E-state index in [-0.39, 0.29) is 0 Å². The zero-order valence-corrected chi connectivity index (χ0v) is 4.51. The molecule has 3 N–H and O–H groups in total. The van der Waals surface area contributed by atoms with E-state index in [9.17, 15) is 4.79 Å². The van der Waals surface area contributed by atoms with Gasteiger partial charge in [-0.25, -0.2) is 0 Å². The van der Waals surface area contributed by atoms with E-state index in [1.165, 1.54) is 0 Å². The number of carboxylic acid groups (broad SMARTS) is 1. The van der Waals surface area contributed by atoms with Crippen molar-refractivity contribution in [1.29, 1.82) is 0 Å². The summed E-state index contributed by atoms with van der Waals surface area (Å²) >= 11 is 0. The Labute approximate surface area is 67.5 Å². The lowest BCUT2D eigenvalue weighted by Gasteiger charge is -2.07. The van der Waals surface area contributed by atoms with E-state index in [1.807, 2.05) is 0 Å². The van der Waals surface area contributed by atoms with Crippen LogP contribution in [0.25, 0.3) is 0 Å². The second-order valence-corrected chi connectivity index (χ2v) is 1.34. The van der Waals surface area contributed by atoms with Crippen molar-refractivity contribution in [3.8, 4) is 0 Å². The second-order valence-electron chi connectivity index (χ2n) is 1.34. The molecule has 0 spiro atoms. The van der Waals surface area contributed by atoms with E-state index in [0.29, 0.717) is 0 Å². The first-order valence-corrected chi connectivity index (χ1v) is 2.09. The maximum absolute atomic E-state index is 10.6. The first-order valence-electron chi connectivity index (χ1n) is 6.59. The van der Waals surface area contributed by atoms with E-state index in [1.54, 1.807) is 0 Å². The van der Waals surface area contributed by atoms with Gasteiger partial charge in [0.2, 0.25) is 0 Å². The van der Waals surface area contributed by atoms with Crippen molar-refractivity contribution < 1.29 is 22.2 Å². The zero-order chi connectivity index (χ0) is 15.2. The van der Waals surface area contributed by atoms with Crippen LogP contribution in [0.1, 0.15) is 32.4 Å². The molecule has 3 nitrogen and oxygen atoms in total. The lowest BCUT2D eigenvalue weighted by Crippen LogP contribution is -2.31. The molecule has 9 heavy (non-hydrogen) atoms. The van der Waals surface area contributed by atoms with Gasteiger partial charge in [0, 0.05) is 12.3 Å². The van der Waals surface area contributed by atoms with Crippen molar-refractivity contribution in [2.24, 2.45) is 11.6 Å². The fourth-order valence-corrected chi connectivity index (χ4v) is 0.217. The molecule has 0 bridgehead atoms. The molecule has 54 valence electrons. The third-order valence-electron chi connectivity index (χ3n) is 0.566. The SMILES string of the molecule is [3H]C([3H])([3H])C([3H])(C([3H])([3H])[3H])C([3H])([3H])[C@H](N)C(=O)O. The molecule has 0 aromatic rings. The Morgan fingerprint density at radius 3 is 3.00 bits per heavy atom. The number of hydrogen-bond donors (Lipinski definition) is 2. The van der Waals surface area contributed by atoms with Gasteiger partial charge in [0.15, 0.2) is 0 Å². The van der Waals surface area contributed by atoms with Crippen molar-refractivity contribution in [2.75, 3.05) is 0 Å². The molecule has 0 amide bonds. The van der Waals surface area contributed by atoms with Crippen LogP contribution < -0.4 is 5.73 Å². The molecule has 0 aliphatic heterocycles. The van der Waals surface area contributed by atoms with E-state index in [4.69, 9.17) is 23.2 Å². The average Bonchev–Trinajstić information content (AvgIpc) is 2.11. The highest BCUT2D eigenvalue weighted by Gasteiger charge is 2.11. The predicted molar refractivity (Wildman–Crippen MR) is 35.1 cm³/mol. The molecular formula is C6H13NO2. The quantitative estimate of drug-likeness (QED) is 0.612. The minimum Gasteiger partial charge on any atom is -0.480 e. The predicted octanol–water partition coefficient (Wildman–Crippen LogP) is 0.444. The van der Waals surface area contributed by atoms with Gasteiger partial charge in [-0.05, 0) is 12.3 Å². The van der Waals surface area contributed by atoms with E-state index >= 15 is 0 Å². The van der Waals surface area contributed by atoms with Gasteiger partial charge in [-0.3, -0.25) is 4.79 Å². The Kier molecular flexibility index (Phi) is 0.662. The molecule has 0 radical (unpaired) electrons. The number of carboxylic acids is 1. The minimum absolute atomic E-state index is 1.93. The summed E-state index contributed by atoms with van der Waals surface area (Å²) in [6, 6.07) is -2.45. The third kappa shape index (κ3) is 3.97. The molecule has 0 aromatic carbocycles. The van der Waals surface area contributed by atoms with Crippen LogP contribution >= 0.6 is 0 Å². The summed E-state index contributed by atoms with van der Waals surface area (Å²) in [5.41, 5.74) is 4.98. The van der Waals surface area contributed by atoms with Crippen LogP contribution in [-0.4, -0.2) is 17.1 Å². The Morgan fingerprint density at radius 2 is 2.67 bits per heavy atom. The highest BCUT2D eigenvalue weighted by molar-refractivity contribution is 5.72. The van der Waals surface area contributed by atoms with Crippen molar-refractivity contribution in [1.82, 2.24) is 0 Å². The molecule has 0 fully saturated rings. The summed E-state index contributed by atoms with van der Waals surface area (Å²) in [4.78, 5) is 10.6. The van der Waals surface area contributed by atoms with Crippen LogP contribution in [0.4, 0.5) is 0 Å². The summed E-state index contributed by atoms with van der Waals surface area (Å²) in [5.74, 6) is -5.57. The molecule has 0 saturated carbocycles. The first kappa shape index (κ1) is 1.72. The lowest BCUT2D eigenvalue weighted by atomic mass is 10.1. The maximum atomic E-state index is 10.6. The van der Waals surface area contributed by atoms with E-state index in [0.717, 1.165) is 0 Å². The number of carbonyl (C=O) groups is 1. The van der Waals surface area contributed by atoms with Gasteiger partial charge in [0.1, 0.15) is 6.04 Å². The van der Waals surface area contributed by atoms with E-state index in [2.05, 4.69) is 0 Å². The van der Waals surface area contributed by atoms with Gasteiger partial charge in [-0.1, -0.05) is 13.7 Å². The molecule has 0 heterocycles. The summed E-state index contributed by atoms with van der Waals surface area (Å²) in [7, 11) is 0. The number of aliphatic carboxylic acids is 1. The molecular weight excluding hydrogens is 118 g/mol. The topological polar surface area (TPSA) is 63.3 Å². The summed E-state index contributed by atoms with van der Waals surface area (Å²) in [6.45, 7) is -7.15. The molecule has 0 aromatic heterocycles. The Hall–Kier alpha value is -0.570. The summed E-state index contributed by atoms with van der Waals surface area (Å²) in [5, 5.41) is 8.60. The molecule has 0 aliphatic carbocycles. The molecule has 0 unspecified atom stereocenters. The van der Waals surface area contributed by atoms with E-state index < -0.39 is 38.0 Å². The minimum atomic E-state index is -3.65. The van der Waals surface area contributed by atoms with Gasteiger partial charge in [-0.15, -0.1) is 0 Å². The fourth-order valence-electron chi connectivity index (χ4n) is 0.217. The molecule has 0 saturated heterocycles. The first-order chi connectivity index (χ1) is 7.60. The molecule has 1 atom stereocenters. The smallest absolute Gasteiger partial charge is 0.320 e. The monoisotopic (exact) mass is 149 g/mol. The standard InChI is InChI=1S/C6H13NO2/c1-4(2)3-5(7)6(8)9/h4-5H,3,7H2,1-2H3,(H,8,9)/t5-/m0/s1/i1T3,2T3,3T2,4T. The molecule has 0 aliphatic rings. The van der Waals surface area contributed by atoms with Crippen LogP contribution in [0, 0.1) is 5.89 Å². The number of nitrogens with two attached hydrogens (primary N) is 1. The normalized spacial score (nSPS) is 34.1. The highest BCUT2D eigenvalue weighted by Crippen LogP contribution is 2.01. The molecule has 0 rings (SSSR count). The number of rotatable bonds is 3. The van der Waals surface area contributed by atoms with Gasteiger partial charge in [-0.2, -0.15) is 0 Å². The maximum Gasteiger partial charge on any atom is 0.320 e. The second kappa shape index (κ2) is 3.45. The Morgan fingerprint density at radius 1 is 2.11 bits per heavy atom. The summed E-state index contributed by atoms with van der Waals surface area (Å²) in [6.07, 6.45) is -3.48. The van der Waals surface area contributed by atoms with Crippen molar-refractivity contribution in [3.63, 3.8) is 0 Å². The highest BCUT2D eigenvalue weighted by atomic mass is 16.4.